The molecule has 104 valence electrons. The second-order valence-electron chi connectivity index (χ2n) is 5.08. The first-order chi connectivity index (χ1) is 8.58. The van der Waals surface area contributed by atoms with Crippen LogP contribution in [0.25, 0.3) is 0 Å². The van der Waals surface area contributed by atoms with Gasteiger partial charge < -0.3 is 16.0 Å². The fourth-order valence-corrected chi connectivity index (χ4v) is 2.23. The number of hydrogen-bond acceptors (Lipinski definition) is 3. The molecule has 5 nitrogen and oxygen atoms in total. The van der Waals surface area contributed by atoms with Crippen LogP contribution in [0.4, 0.5) is 0 Å². The van der Waals surface area contributed by atoms with E-state index in [0.717, 1.165) is 25.8 Å². The van der Waals surface area contributed by atoms with E-state index in [-0.39, 0.29) is 23.8 Å². The summed E-state index contributed by atoms with van der Waals surface area (Å²) in [5, 5.41) is 3.00. The van der Waals surface area contributed by atoms with E-state index in [1.54, 1.807) is 0 Å². The Labute approximate surface area is 109 Å². The average Bonchev–Trinajstić information content (AvgIpc) is 2.37. The maximum absolute atomic E-state index is 12.0. The third kappa shape index (κ3) is 4.29. The van der Waals surface area contributed by atoms with Crippen molar-refractivity contribution in [3.63, 3.8) is 0 Å². The number of likely N-dealkylation sites (tertiary alicyclic amines) is 1. The number of nitrogens with zero attached hydrogens (tertiary/aromatic N) is 1. The molecular weight excluding hydrogens is 230 g/mol. The van der Waals surface area contributed by atoms with Crippen molar-refractivity contribution in [2.75, 3.05) is 19.6 Å². The summed E-state index contributed by atoms with van der Waals surface area (Å²) in [5.74, 6) is 0.0608. The minimum absolute atomic E-state index is 0.0867. The molecule has 2 atom stereocenters. The maximum atomic E-state index is 12.0. The monoisotopic (exact) mass is 255 g/mol. The lowest BCUT2D eigenvalue weighted by Crippen LogP contribution is -2.51. The van der Waals surface area contributed by atoms with E-state index in [1.165, 1.54) is 0 Å². The van der Waals surface area contributed by atoms with Crippen LogP contribution in [-0.4, -0.2) is 42.4 Å². The van der Waals surface area contributed by atoms with Crippen molar-refractivity contribution in [1.29, 1.82) is 0 Å². The molecule has 3 N–H and O–H groups in total. The largest absolute Gasteiger partial charge is 0.352 e. The van der Waals surface area contributed by atoms with E-state index in [9.17, 15) is 9.59 Å². The third-order valence-electron chi connectivity index (χ3n) is 3.35. The molecule has 0 saturated carbocycles. The molecule has 1 rings (SSSR count). The number of amides is 2. The zero-order chi connectivity index (χ0) is 13.5. The Morgan fingerprint density at radius 1 is 1.50 bits per heavy atom. The fourth-order valence-electron chi connectivity index (χ4n) is 2.23. The Balaban J connectivity index is 2.45. The van der Waals surface area contributed by atoms with Crippen LogP contribution in [0.5, 0.6) is 0 Å². The van der Waals surface area contributed by atoms with Gasteiger partial charge in [0.05, 0.1) is 0 Å². The van der Waals surface area contributed by atoms with Gasteiger partial charge in [-0.3, -0.25) is 9.59 Å². The number of hydrogen-bond donors (Lipinski definition) is 2. The summed E-state index contributed by atoms with van der Waals surface area (Å²) in [6, 6.07) is 0.103. The van der Waals surface area contributed by atoms with Crippen LogP contribution >= 0.6 is 0 Å². The Hall–Kier alpha value is -1.10. The van der Waals surface area contributed by atoms with Gasteiger partial charge in [-0.25, -0.2) is 0 Å². The van der Waals surface area contributed by atoms with Crippen molar-refractivity contribution in [2.45, 2.75) is 45.6 Å². The predicted octanol–water partition coefficient (Wildman–Crippen LogP) is 0.489. The van der Waals surface area contributed by atoms with Crippen molar-refractivity contribution in [1.82, 2.24) is 10.2 Å². The van der Waals surface area contributed by atoms with Crippen LogP contribution in [-0.2, 0) is 9.59 Å². The van der Waals surface area contributed by atoms with Gasteiger partial charge in [-0.15, -0.1) is 0 Å². The van der Waals surface area contributed by atoms with Crippen molar-refractivity contribution in [3.05, 3.63) is 0 Å². The Bertz CT molecular complexity index is 294. The molecule has 1 aliphatic heterocycles. The second kappa shape index (κ2) is 7.36. The van der Waals surface area contributed by atoms with Crippen molar-refractivity contribution < 1.29 is 9.59 Å². The number of rotatable bonds is 5. The predicted molar refractivity (Wildman–Crippen MR) is 70.9 cm³/mol. The number of nitrogens with two attached hydrogens (primary N) is 1. The standard InChI is InChI=1S/C13H25N3O2/c1-3-5-12(17)15-11-6-4-7-16(9-11)13(18)10(2)8-14/h10-11H,3-9,14H2,1-2H3,(H,15,17). The molecule has 18 heavy (non-hydrogen) atoms. The molecule has 2 unspecified atom stereocenters. The summed E-state index contributed by atoms with van der Waals surface area (Å²) >= 11 is 0. The zero-order valence-electron chi connectivity index (χ0n) is 11.4. The lowest BCUT2D eigenvalue weighted by atomic mass is 10.0. The Morgan fingerprint density at radius 2 is 2.22 bits per heavy atom. The van der Waals surface area contributed by atoms with Gasteiger partial charge in [0.25, 0.3) is 0 Å². The quantitative estimate of drug-likeness (QED) is 0.750. The van der Waals surface area contributed by atoms with Crippen LogP contribution < -0.4 is 11.1 Å². The van der Waals surface area contributed by atoms with Gasteiger partial charge in [-0.05, 0) is 19.3 Å². The molecule has 0 aromatic carbocycles. The number of carbonyl (C=O) groups excluding carboxylic acids is 2. The van der Waals surface area contributed by atoms with Crippen LogP contribution in [0, 0.1) is 5.92 Å². The highest BCUT2D eigenvalue weighted by atomic mass is 16.2. The molecular formula is C13H25N3O2. The van der Waals surface area contributed by atoms with E-state index in [2.05, 4.69) is 5.32 Å². The van der Waals surface area contributed by atoms with E-state index >= 15 is 0 Å². The second-order valence-corrected chi connectivity index (χ2v) is 5.08. The van der Waals surface area contributed by atoms with E-state index in [0.29, 0.717) is 19.5 Å². The van der Waals surface area contributed by atoms with Gasteiger partial charge in [0.1, 0.15) is 0 Å². The van der Waals surface area contributed by atoms with E-state index in [4.69, 9.17) is 5.73 Å². The van der Waals surface area contributed by atoms with Crippen LogP contribution in [0.3, 0.4) is 0 Å². The molecule has 0 aliphatic carbocycles. The molecule has 1 fully saturated rings. The lowest BCUT2D eigenvalue weighted by Gasteiger charge is -2.34. The molecule has 1 heterocycles. The summed E-state index contributed by atoms with van der Waals surface area (Å²) in [6.45, 7) is 5.62. The molecule has 0 spiro atoms. The minimum atomic E-state index is -0.130. The first kappa shape index (κ1) is 15.0. The van der Waals surface area contributed by atoms with Gasteiger partial charge in [0.15, 0.2) is 0 Å². The third-order valence-corrected chi connectivity index (χ3v) is 3.35. The Kier molecular flexibility index (Phi) is 6.12. The molecule has 5 heteroatoms. The molecule has 1 saturated heterocycles. The molecule has 0 aromatic heterocycles. The summed E-state index contributed by atoms with van der Waals surface area (Å²) < 4.78 is 0. The molecule has 0 bridgehead atoms. The van der Waals surface area contributed by atoms with Crippen molar-refractivity contribution in [2.24, 2.45) is 11.7 Å². The highest BCUT2D eigenvalue weighted by Gasteiger charge is 2.26. The van der Waals surface area contributed by atoms with Crippen molar-refractivity contribution >= 4 is 11.8 Å². The SMILES string of the molecule is CCCC(=O)NC1CCCN(C(=O)C(C)CN)C1. The number of carbonyl (C=O) groups is 2. The fraction of sp³-hybridized carbons (Fsp3) is 0.846. The smallest absolute Gasteiger partial charge is 0.226 e. The van der Waals surface area contributed by atoms with Crippen LogP contribution in [0.15, 0.2) is 0 Å². The Morgan fingerprint density at radius 3 is 2.83 bits per heavy atom. The van der Waals surface area contributed by atoms with Gasteiger partial charge >= 0.3 is 0 Å². The number of nitrogens with one attached hydrogen (secondary N) is 1. The highest BCUT2D eigenvalue weighted by molar-refractivity contribution is 5.79. The molecule has 0 radical (unpaired) electrons. The van der Waals surface area contributed by atoms with Gasteiger partial charge in [-0.2, -0.15) is 0 Å². The topological polar surface area (TPSA) is 75.4 Å². The van der Waals surface area contributed by atoms with Gasteiger partial charge in [-0.1, -0.05) is 13.8 Å². The highest BCUT2D eigenvalue weighted by Crippen LogP contribution is 2.13. The first-order valence-electron chi connectivity index (χ1n) is 6.86. The molecule has 1 aliphatic rings. The average molecular weight is 255 g/mol. The normalized spacial score (nSPS) is 21.5. The minimum Gasteiger partial charge on any atom is -0.352 e. The van der Waals surface area contributed by atoms with Crippen LogP contribution in [0.2, 0.25) is 0 Å². The summed E-state index contributed by atoms with van der Waals surface area (Å²) in [5.41, 5.74) is 5.52. The molecule has 0 aromatic rings. The molecule has 2 amide bonds. The first-order valence-corrected chi connectivity index (χ1v) is 6.86. The summed E-state index contributed by atoms with van der Waals surface area (Å²) in [4.78, 5) is 25.4. The maximum Gasteiger partial charge on any atom is 0.226 e. The van der Waals surface area contributed by atoms with Crippen molar-refractivity contribution in [3.8, 4) is 0 Å². The van der Waals surface area contributed by atoms with Gasteiger partial charge in [0, 0.05) is 38.0 Å². The van der Waals surface area contributed by atoms with Crippen LogP contribution in [0.1, 0.15) is 39.5 Å². The van der Waals surface area contributed by atoms with E-state index in [1.807, 2.05) is 18.7 Å². The zero-order valence-corrected chi connectivity index (χ0v) is 11.4. The summed E-state index contributed by atoms with van der Waals surface area (Å²) in [6.07, 6.45) is 3.31. The van der Waals surface area contributed by atoms with Gasteiger partial charge in [0.2, 0.25) is 11.8 Å². The summed E-state index contributed by atoms with van der Waals surface area (Å²) in [7, 11) is 0. The lowest BCUT2D eigenvalue weighted by molar-refractivity contribution is -0.136. The van der Waals surface area contributed by atoms with E-state index < -0.39 is 0 Å². The number of piperidine rings is 1.